The molecule has 1 aliphatic rings. The average Bonchev–Trinajstić information content (AvgIpc) is 2.17. The fraction of sp³-hybridized carbons (Fsp3) is 0.500. The summed E-state index contributed by atoms with van der Waals surface area (Å²) in [5.41, 5.74) is 6.36. The SMILES string of the molecule is Nc1cc(Cl)cc(OC2CCCCC2)c1. The Bertz CT molecular complexity index is 314. The Labute approximate surface area is 95.4 Å². The summed E-state index contributed by atoms with van der Waals surface area (Å²) in [5.74, 6) is 0.798. The van der Waals surface area contributed by atoms with E-state index >= 15 is 0 Å². The van der Waals surface area contributed by atoms with E-state index in [0.717, 1.165) is 18.6 Å². The Morgan fingerprint density at radius 2 is 1.87 bits per heavy atom. The van der Waals surface area contributed by atoms with Gasteiger partial charge in [-0.3, -0.25) is 0 Å². The number of rotatable bonds is 2. The van der Waals surface area contributed by atoms with Crippen molar-refractivity contribution >= 4 is 17.3 Å². The van der Waals surface area contributed by atoms with Gasteiger partial charge in [0, 0.05) is 16.8 Å². The molecule has 0 spiro atoms. The number of benzene rings is 1. The van der Waals surface area contributed by atoms with E-state index in [4.69, 9.17) is 22.1 Å². The summed E-state index contributed by atoms with van der Waals surface area (Å²) in [7, 11) is 0. The Balaban J connectivity index is 2.02. The third-order valence-electron chi connectivity index (χ3n) is 2.75. The minimum atomic E-state index is 0.344. The second kappa shape index (κ2) is 4.75. The van der Waals surface area contributed by atoms with Gasteiger partial charge in [-0.1, -0.05) is 18.0 Å². The van der Waals surface area contributed by atoms with E-state index in [1.54, 1.807) is 6.07 Å². The van der Waals surface area contributed by atoms with Crippen molar-refractivity contribution in [1.29, 1.82) is 0 Å². The standard InChI is InChI=1S/C12H16ClNO/c13-9-6-10(14)8-12(7-9)15-11-4-2-1-3-5-11/h6-8,11H,1-5,14H2. The lowest BCUT2D eigenvalue weighted by atomic mass is 9.98. The quantitative estimate of drug-likeness (QED) is 0.780. The molecular formula is C12H16ClNO. The summed E-state index contributed by atoms with van der Waals surface area (Å²) < 4.78 is 5.85. The van der Waals surface area contributed by atoms with Crippen LogP contribution in [0.4, 0.5) is 5.69 Å². The van der Waals surface area contributed by atoms with Crippen LogP contribution in [0.2, 0.25) is 5.02 Å². The van der Waals surface area contributed by atoms with Crippen LogP contribution in [0.1, 0.15) is 32.1 Å². The molecule has 0 heterocycles. The van der Waals surface area contributed by atoms with Crippen LogP contribution in [-0.4, -0.2) is 6.10 Å². The number of ether oxygens (including phenoxy) is 1. The smallest absolute Gasteiger partial charge is 0.123 e. The van der Waals surface area contributed by atoms with E-state index in [1.807, 2.05) is 12.1 Å². The molecule has 0 aliphatic heterocycles. The molecule has 1 aromatic rings. The van der Waals surface area contributed by atoms with Crippen molar-refractivity contribution in [3.63, 3.8) is 0 Å². The highest BCUT2D eigenvalue weighted by atomic mass is 35.5. The predicted molar refractivity (Wildman–Crippen MR) is 63.4 cm³/mol. The largest absolute Gasteiger partial charge is 0.490 e. The van der Waals surface area contributed by atoms with E-state index in [2.05, 4.69) is 0 Å². The van der Waals surface area contributed by atoms with E-state index in [-0.39, 0.29) is 0 Å². The summed E-state index contributed by atoms with van der Waals surface area (Å²) in [6.07, 6.45) is 6.49. The Hall–Kier alpha value is -0.890. The molecule has 1 aliphatic carbocycles. The first-order valence-electron chi connectivity index (χ1n) is 5.47. The number of anilines is 1. The first kappa shape index (κ1) is 10.6. The van der Waals surface area contributed by atoms with Crippen LogP contribution >= 0.6 is 11.6 Å². The molecule has 0 aromatic heterocycles. The van der Waals surface area contributed by atoms with Crippen molar-refractivity contribution in [3.8, 4) is 5.75 Å². The first-order chi connectivity index (χ1) is 7.24. The molecule has 2 rings (SSSR count). The number of nitrogens with two attached hydrogens (primary N) is 1. The summed E-state index contributed by atoms with van der Waals surface area (Å²) in [4.78, 5) is 0. The molecule has 1 aromatic carbocycles. The molecule has 1 fully saturated rings. The maximum absolute atomic E-state index is 5.91. The van der Waals surface area contributed by atoms with Gasteiger partial charge in [-0.2, -0.15) is 0 Å². The van der Waals surface area contributed by atoms with Crippen LogP contribution in [0.25, 0.3) is 0 Å². The molecule has 0 atom stereocenters. The highest BCUT2D eigenvalue weighted by Crippen LogP contribution is 2.27. The summed E-state index contributed by atoms with van der Waals surface area (Å²) in [6, 6.07) is 5.39. The van der Waals surface area contributed by atoms with Gasteiger partial charge >= 0.3 is 0 Å². The van der Waals surface area contributed by atoms with E-state index in [9.17, 15) is 0 Å². The molecule has 0 unspecified atom stereocenters. The molecular weight excluding hydrogens is 210 g/mol. The second-order valence-corrected chi connectivity index (χ2v) is 4.53. The first-order valence-corrected chi connectivity index (χ1v) is 5.84. The average molecular weight is 226 g/mol. The van der Waals surface area contributed by atoms with Gasteiger partial charge < -0.3 is 10.5 Å². The molecule has 0 amide bonds. The number of nitrogen functional groups attached to an aromatic ring is 1. The molecule has 82 valence electrons. The normalized spacial score (nSPS) is 17.7. The minimum absolute atomic E-state index is 0.344. The van der Waals surface area contributed by atoms with Gasteiger partial charge in [0.1, 0.15) is 5.75 Å². The van der Waals surface area contributed by atoms with Crippen molar-refractivity contribution in [1.82, 2.24) is 0 Å². The minimum Gasteiger partial charge on any atom is -0.490 e. The predicted octanol–water partition coefficient (Wildman–Crippen LogP) is 3.63. The molecule has 1 saturated carbocycles. The topological polar surface area (TPSA) is 35.2 Å². The van der Waals surface area contributed by atoms with Crippen molar-refractivity contribution in [3.05, 3.63) is 23.2 Å². The molecule has 3 heteroatoms. The van der Waals surface area contributed by atoms with Crippen molar-refractivity contribution < 1.29 is 4.74 Å². The molecule has 2 nitrogen and oxygen atoms in total. The van der Waals surface area contributed by atoms with Gasteiger partial charge in [0.15, 0.2) is 0 Å². The summed E-state index contributed by atoms with van der Waals surface area (Å²) in [6.45, 7) is 0. The van der Waals surface area contributed by atoms with Gasteiger partial charge in [-0.05, 0) is 37.8 Å². The molecule has 15 heavy (non-hydrogen) atoms. The zero-order valence-corrected chi connectivity index (χ0v) is 9.46. The third-order valence-corrected chi connectivity index (χ3v) is 2.97. The van der Waals surface area contributed by atoms with Crippen LogP contribution < -0.4 is 10.5 Å². The number of hydrogen-bond acceptors (Lipinski definition) is 2. The Morgan fingerprint density at radius 3 is 2.53 bits per heavy atom. The Morgan fingerprint density at radius 1 is 1.13 bits per heavy atom. The van der Waals surface area contributed by atoms with Crippen molar-refractivity contribution in [2.75, 3.05) is 5.73 Å². The summed E-state index contributed by atoms with van der Waals surface area (Å²) >= 11 is 5.91. The second-order valence-electron chi connectivity index (χ2n) is 4.10. The maximum atomic E-state index is 5.91. The van der Waals surface area contributed by atoms with E-state index < -0.39 is 0 Å². The van der Waals surface area contributed by atoms with E-state index in [0.29, 0.717) is 16.8 Å². The van der Waals surface area contributed by atoms with Crippen LogP contribution in [0.5, 0.6) is 5.75 Å². The van der Waals surface area contributed by atoms with Gasteiger partial charge in [-0.25, -0.2) is 0 Å². The number of hydrogen-bond donors (Lipinski definition) is 1. The lowest BCUT2D eigenvalue weighted by Crippen LogP contribution is -2.19. The van der Waals surface area contributed by atoms with Crippen LogP contribution in [0.15, 0.2) is 18.2 Å². The fourth-order valence-electron chi connectivity index (χ4n) is 2.03. The third kappa shape index (κ3) is 3.03. The fourth-order valence-corrected chi connectivity index (χ4v) is 2.26. The van der Waals surface area contributed by atoms with Crippen LogP contribution in [0.3, 0.4) is 0 Å². The monoisotopic (exact) mass is 225 g/mol. The number of halogens is 1. The Kier molecular flexibility index (Phi) is 3.37. The zero-order valence-electron chi connectivity index (χ0n) is 8.71. The van der Waals surface area contributed by atoms with Crippen LogP contribution in [-0.2, 0) is 0 Å². The lowest BCUT2D eigenvalue weighted by molar-refractivity contribution is 0.155. The highest BCUT2D eigenvalue weighted by Gasteiger charge is 2.14. The molecule has 0 radical (unpaired) electrons. The molecule has 2 N–H and O–H groups in total. The van der Waals surface area contributed by atoms with Gasteiger partial charge in [0.2, 0.25) is 0 Å². The van der Waals surface area contributed by atoms with Gasteiger partial charge in [0.25, 0.3) is 0 Å². The van der Waals surface area contributed by atoms with Gasteiger partial charge in [-0.15, -0.1) is 0 Å². The van der Waals surface area contributed by atoms with Crippen molar-refractivity contribution in [2.45, 2.75) is 38.2 Å². The lowest BCUT2D eigenvalue weighted by Gasteiger charge is -2.23. The molecule has 0 saturated heterocycles. The van der Waals surface area contributed by atoms with Crippen molar-refractivity contribution in [2.24, 2.45) is 0 Å². The van der Waals surface area contributed by atoms with Gasteiger partial charge in [0.05, 0.1) is 6.10 Å². The summed E-state index contributed by atoms with van der Waals surface area (Å²) in [5, 5.41) is 0.640. The zero-order chi connectivity index (χ0) is 10.7. The molecule has 0 bridgehead atoms. The van der Waals surface area contributed by atoms with Crippen LogP contribution in [0, 0.1) is 0 Å². The maximum Gasteiger partial charge on any atom is 0.123 e. The highest BCUT2D eigenvalue weighted by molar-refractivity contribution is 6.31. The van der Waals surface area contributed by atoms with E-state index in [1.165, 1.54) is 19.3 Å².